The maximum atomic E-state index is 11.8. The molecule has 0 saturated heterocycles. The molecule has 0 aliphatic heterocycles. The number of aromatic nitrogens is 2. The summed E-state index contributed by atoms with van der Waals surface area (Å²) in [6.07, 6.45) is 1.32. The van der Waals surface area contributed by atoms with Crippen LogP contribution in [-0.4, -0.2) is 9.55 Å². The zero-order chi connectivity index (χ0) is 13.3. The predicted molar refractivity (Wildman–Crippen MR) is 73.5 cm³/mol. The molecule has 2 aromatic rings. The van der Waals surface area contributed by atoms with Crippen LogP contribution < -0.4 is 11.3 Å². The predicted octanol–water partition coefficient (Wildman–Crippen LogP) is 2.83. The van der Waals surface area contributed by atoms with E-state index in [1.54, 1.807) is 18.2 Å². The Morgan fingerprint density at radius 1 is 1.28 bits per heavy atom. The summed E-state index contributed by atoms with van der Waals surface area (Å²) in [7, 11) is 0. The number of nitrogens with zero attached hydrogens (tertiary/aromatic N) is 2. The normalized spacial score (nSPS) is 10.6. The van der Waals surface area contributed by atoms with Crippen molar-refractivity contribution in [2.75, 3.05) is 5.73 Å². The minimum Gasteiger partial charge on any atom is -0.392 e. The summed E-state index contributed by atoms with van der Waals surface area (Å²) in [5.74, 6) is 0. The fourth-order valence-corrected chi connectivity index (χ4v) is 1.96. The minimum atomic E-state index is -0.411. The standard InChI is InChI=1S/C11H8Cl3N3O/c12-7-3-1-2-6(8(7)13)4-17-5-16-10(14)9(15)11(17)18/h1-3,5H,4,15H2. The van der Waals surface area contributed by atoms with E-state index in [1.165, 1.54) is 10.9 Å². The molecule has 0 spiro atoms. The van der Waals surface area contributed by atoms with Crippen LogP contribution >= 0.6 is 34.8 Å². The van der Waals surface area contributed by atoms with E-state index in [-0.39, 0.29) is 17.4 Å². The van der Waals surface area contributed by atoms with Crippen LogP contribution in [0.15, 0.2) is 29.3 Å². The largest absolute Gasteiger partial charge is 0.392 e. The van der Waals surface area contributed by atoms with Gasteiger partial charge in [0.15, 0.2) is 5.15 Å². The number of benzene rings is 1. The Hall–Kier alpha value is -1.23. The van der Waals surface area contributed by atoms with Gasteiger partial charge in [0.1, 0.15) is 5.69 Å². The summed E-state index contributed by atoms with van der Waals surface area (Å²) in [4.78, 5) is 15.6. The molecule has 0 radical (unpaired) electrons. The van der Waals surface area contributed by atoms with Crippen LogP contribution in [0.2, 0.25) is 15.2 Å². The van der Waals surface area contributed by atoms with Gasteiger partial charge in [-0.25, -0.2) is 4.98 Å². The Bertz CT molecular complexity index is 654. The highest BCUT2D eigenvalue weighted by molar-refractivity contribution is 6.42. The second-order valence-corrected chi connectivity index (χ2v) is 4.74. The first kappa shape index (κ1) is 13.2. The zero-order valence-corrected chi connectivity index (χ0v) is 11.3. The van der Waals surface area contributed by atoms with Gasteiger partial charge in [0, 0.05) is 0 Å². The molecule has 7 heteroatoms. The monoisotopic (exact) mass is 303 g/mol. The van der Waals surface area contributed by atoms with Gasteiger partial charge in [0.05, 0.1) is 22.9 Å². The van der Waals surface area contributed by atoms with Crippen LogP contribution in [0.4, 0.5) is 5.69 Å². The maximum absolute atomic E-state index is 11.8. The SMILES string of the molecule is Nc1c(Cl)ncn(Cc2cccc(Cl)c2Cl)c1=O. The van der Waals surface area contributed by atoms with Crippen molar-refractivity contribution in [3.05, 3.63) is 55.6 Å². The number of nitrogen functional groups attached to an aromatic ring is 1. The Kier molecular flexibility index (Phi) is 3.80. The average Bonchev–Trinajstić information content (AvgIpc) is 2.35. The molecule has 0 fully saturated rings. The number of halogens is 3. The van der Waals surface area contributed by atoms with E-state index >= 15 is 0 Å². The molecule has 18 heavy (non-hydrogen) atoms. The van der Waals surface area contributed by atoms with E-state index in [0.717, 1.165) is 0 Å². The first-order chi connectivity index (χ1) is 8.50. The summed E-state index contributed by atoms with van der Waals surface area (Å²) in [5, 5.41) is 0.824. The number of nitrogens with two attached hydrogens (primary N) is 1. The van der Waals surface area contributed by atoms with Gasteiger partial charge >= 0.3 is 0 Å². The van der Waals surface area contributed by atoms with Gasteiger partial charge in [-0.15, -0.1) is 0 Å². The van der Waals surface area contributed by atoms with E-state index in [0.29, 0.717) is 15.6 Å². The third-order valence-corrected chi connectivity index (χ3v) is 3.56. The highest BCUT2D eigenvalue weighted by Crippen LogP contribution is 2.25. The Labute approximate surface area is 118 Å². The highest BCUT2D eigenvalue weighted by Gasteiger charge is 2.09. The molecule has 0 aliphatic carbocycles. The maximum Gasteiger partial charge on any atom is 0.278 e. The van der Waals surface area contributed by atoms with Crippen molar-refractivity contribution >= 4 is 40.5 Å². The topological polar surface area (TPSA) is 60.9 Å². The minimum absolute atomic E-state index is 0.00607. The van der Waals surface area contributed by atoms with Crippen LogP contribution in [0.3, 0.4) is 0 Å². The fraction of sp³-hybridized carbons (Fsp3) is 0.0909. The quantitative estimate of drug-likeness (QED) is 0.868. The van der Waals surface area contributed by atoms with Gasteiger partial charge in [0.2, 0.25) is 0 Å². The van der Waals surface area contributed by atoms with E-state index in [2.05, 4.69) is 4.98 Å². The molecule has 1 heterocycles. The molecule has 0 saturated carbocycles. The first-order valence-corrected chi connectivity index (χ1v) is 6.07. The van der Waals surface area contributed by atoms with E-state index in [1.807, 2.05) is 0 Å². The second-order valence-electron chi connectivity index (χ2n) is 3.60. The summed E-state index contributed by atoms with van der Waals surface area (Å²) in [6.45, 7) is 0.229. The van der Waals surface area contributed by atoms with E-state index in [9.17, 15) is 4.79 Å². The van der Waals surface area contributed by atoms with Gasteiger partial charge < -0.3 is 5.73 Å². The molecule has 0 amide bonds. The van der Waals surface area contributed by atoms with E-state index < -0.39 is 5.56 Å². The Balaban J connectivity index is 2.44. The molecule has 2 N–H and O–H groups in total. The molecule has 1 aromatic carbocycles. The van der Waals surface area contributed by atoms with Gasteiger partial charge in [-0.05, 0) is 11.6 Å². The molecule has 0 bridgehead atoms. The lowest BCUT2D eigenvalue weighted by molar-refractivity contribution is 0.739. The molecular formula is C11H8Cl3N3O. The lowest BCUT2D eigenvalue weighted by atomic mass is 10.2. The van der Waals surface area contributed by atoms with Crippen molar-refractivity contribution in [2.45, 2.75) is 6.54 Å². The number of hydrogen-bond acceptors (Lipinski definition) is 3. The zero-order valence-electron chi connectivity index (χ0n) is 9.03. The molecule has 94 valence electrons. The van der Waals surface area contributed by atoms with Crippen LogP contribution in [-0.2, 0) is 6.54 Å². The van der Waals surface area contributed by atoms with Crippen LogP contribution in [0.25, 0.3) is 0 Å². The van der Waals surface area contributed by atoms with Gasteiger partial charge in [0.25, 0.3) is 5.56 Å². The molecule has 0 atom stereocenters. The lowest BCUT2D eigenvalue weighted by Crippen LogP contribution is -2.24. The number of rotatable bonds is 2. The van der Waals surface area contributed by atoms with Crippen molar-refractivity contribution in [1.82, 2.24) is 9.55 Å². The van der Waals surface area contributed by atoms with Gasteiger partial charge in [-0.1, -0.05) is 46.9 Å². The average molecular weight is 305 g/mol. The van der Waals surface area contributed by atoms with Gasteiger partial charge in [-0.2, -0.15) is 0 Å². The molecular weight excluding hydrogens is 297 g/mol. The van der Waals surface area contributed by atoms with Crippen molar-refractivity contribution in [3.8, 4) is 0 Å². The number of hydrogen-bond donors (Lipinski definition) is 1. The van der Waals surface area contributed by atoms with Crippen LogP contribution in [0.1, 0.15) is 5.56 Å². The third kappa shape index (κ3) is 2.46. The molecule has 1 aromatic heterocycles. The summed E-state index contributed by atoms with van der Waals surface area (Å²) in [6, 6.07) is 5.19. The lowest BCUT2D eigenvalue weighted by Gasteiger charge is -2.09. The smallest absolute Gasteiger partial charge is 0.278 e. The Morgan fingerprint density at radius 2 is 2.00 bits per heavy atom. The van der Waals surface area contributed by atoms with Crippen LogP contribution in [0, 0.1) is 0 Å². The number of anilines is 1. The molecule has 2 rings (SSSR count). The molecule has 0 aliphatic rings. The van der Waals surface area contributed by atoms with Crippen molar-refractivity contribution in [2.24, 2.45) is 0 Å². The fourth-order valence-electron chi connectivity index (χ4n) is 1.45. The molecule has 0 unspecified atom stereocenters. The first-order valence-electron chi connectivity index (χ1n) is 4.94. The van der Waals surface area contributed by atoms with Crippen LogP contribution in [0.5, 0.6) is 0 Å². The third-order valence-electron chi connectivity index (χ3n) is 2.40. The van der Waals surface area contributed by atoms with E-state index in [4.69, 9.17) is 40.5 Å². The summed E-state index contributed by atoms with van der Waals surface area (Å²) < 4.78 is 1.32. The second kappa shape index (κ2) is 5.18. The van der Waals surface area contributed by atoms with Crippen molar-refractivity contribution in [3.63, 3.8) is 0 Å². The van der Waals surface area contributed by atoms with Crippen molar-refractivity contribution in [1.29, 1.82) is 0 Å². The summed E-state index contributed by atoms with van der Waals surface area (Å²) in [5.41, 5.74) is 5.72. The molecule has 4 nitrogen and oxygen atoms in total. The van der Waals surface area contributed by atoms with Crippen molar-refractivity contribution < 1.29 is 0 Å². The summed E-state index contributed by atoms with van der Waals surface area (Å²) >= 11 is 17.6. The highest BCUT2D eigenvalue weighted by atomic mass is 35.5. The van der Waals surface area contributed by atoms with Gasteiger partial charge in [-0.3, -0.25) is 9.36 Å². The Morgan fingerprint density at radius 3 is 2.72 bits per heavy atom.